The molecule has 0 aliphatic heterocycles. The van der Waals surface area contributed by atoms with E-state index in [1.54, 1.807) is 0 Å². The molecule has 0 unspecified atom stereocenters. The molecule has 0 atom stereocenters. The predicted molar refractivity (Wildman–Crippen MR) is 96.7 cm³/mol. The van der Waals surface area contributed by atoms with Gasteiger partial charge in [-0.1, -0.05) is 25.0 Å². The summed E-state index contributed by atoms with van der Waals surface area (Å²) in [6.45, 7) is 11.0. The molecule has 1 rings (SSSR count). The highest BCUT2D eigenvalue weighted by molar-refractivity contribution is 14.0. The Morgan fingerprint density at radius 3 is 2.60 bits per heavy atom. The number of nitrogens with one attached hydrogen (secondary N) is 1. The summed E-state index contributed by atoms with van der Waals surface area (Å²) in [6.07, 6.45) is 6.20. The number of hydrogen-bond donors (Lipinski definition) is 2. The zero-order chi connectivity index (χ0) is 14.1. The minimum absolute atomic E-state index is 0. The van der Waals surface area contributed by atoms with Gasteiger partial charge in [0.2, 0.25) is 0 Å². The lowest BCUT2D eigenvalue weighted by Gasteiger charge is -2.27. The van der Waals surface area contributed by atoms with Crippen molar-refractivity contribution in [3.05, 3.63) is 12.2 Å². The number of halogens is 1. The maximum atomic E-state index is 5.88. The lowest BCUT2D eigenvalue weighted by molar-refractivity contribution is 0.107. The second kappa shape index (κ2) is 10.4. The van der Waals surface area contributed by atoms with Gasteiger partial charge in [0.25, 0.3) is 0 Å². The standard InChI is InChI=1S/C15H29N3O.HI/c1-4-19-10-9-15(7-5-6-8-15)12-18-14(16)17-11-13(2)3;/h2,4-12H2,1,3H3,(H3,16,17,18);1H. The van der Waals surface area contributed by atoms with Crippen LogP contribution in [0.25, 0.3) is 0 Å². The number of nitrogens with zero attached hydrogens (tertiary/aromatic N) is 1. The van der Waals surface area contributed by atoms with Gasteiger partial charge in [-0.2, -0.15) is 0 Å². The van der Waals surface area contributed by atoms with E-state index < -0.39 is 0 Å². The molecule has 0 aromatic heterocycles. The van der Waals surface area contributed by atoms with Crippen molar-refractivity contribution in [2.24, 2.45) is 16.1 Å². The number of nitrogens with two attached hydrogens (primary N) is 1. The molecule has 0 aromatic carbocycles. The van der Waals surface area contributed by atoms with Crippen LogP contribution in [0.2, 0.25) is 0 Å². The molecule has 0 spiro atoms. The average molecular weight is 395 g/mol. The van der Waals surface area contributed by atoms with Gasteiger partial charge in [-0.05, 0) is 38.5 Å². The Morgan fingerprint density at radius 1 is 1.40 bits per heavy atom. The molecule has 3 N–H and O–H groups in total. The summed E-state index contributed by atoms with van der Waals surface area (Å²) >= 11 is 0. The maximum Gasteiger partial charge on any atom is 0.188 e. The molecule has 5 heteroatoms. The van der Waals surface area contributed by atoms with Crippen LogP contribution in [0.5, 0.6) is 0 Å². The van der Waals surface area contributed by atoms with Crippen molar-refractivity contribution in [1.82, 2.24) is 5.32 Å². The van der Waals surface area contributed by atoms with E-state index in [9.17, 15) is 0 Å². The summed E-state index contributed by atoms with van der Waals surface area (Å²) in [5.74, 6) is 0.533. The molecular formula is C15H30IN3O. The molecule has 118 valence electrons. The van der Waals surface area contributed by atoms with E-state index in [1.807, 2.05) is 13.8 Å². The summed E-state index contributed by atoms with van der Waals surface area (Å²) in [6, 6.07) is 0. The lowest BCUT2D eigenvalue weighted by Crippen LogP contribution is -2.34. The van der Waals surface area contributed by atoms with Crippen molar-refractivity contribution < 1.29 is 4.74 Å². The van der Waals surface area contributed by atoms with Crippen LogP contribution in [-0.2, 0) is 4.74 Å². The van der Waals surface area contributed by atoms with Gasteiger partial charge in [0, 0.05) is 26.3 Å². The SMILES string of the molecule is C=C(C)CNC(N)=NCC1(CCOCC)CCCC1.I. The number of hydrogen-bond acceptors (Lipinski definition) is 2. The van der Waals surface area contributed by atoms with Crippen molar-refractivity contribution in [3.8, 4) is 0 Å². The fourth-order valence-electron chi connectivity index (χ4n) is 2.60. The lowest BCUT2D eigenvalue weighted by atomic mass is 9.83. The summed E-state index contributed by atoms with van der Waals surface area (Å²) in [5, 5.41) is 3.09. The van der Waals surface area contributed by atoms with Crippen LogP contribution in [0, 0.1) is 5.41 Å². The Bertz CT molecular complexity index is 312. The molecule has 0 aromatic rings. The Labute approximate surface area is 140 Å². The van der Waals surface area contributed by atoms with Gasteiger partial charge >= 0.3 is 0 Å². The smallest absolute Gasteiger partial charge is 0.188 e. The minimum atomic E-state index is 0. The summed E-state index contributed by atoms with van der Waals surface area (Å²) < 4.78 is 5.50. The van der Waals surface area contributed by atoms with Crippen LogP contribution in [-0.4, -0.2) is 32.3 Å². The Balaban J connectivity index is 0.00000361. The van der Waals surface area contributed by atoms with Crippen molar-refractivity contribution in [2.45, 2.75) is 46.0 Å². The Kier molecular flexibility index (Phi) is 10.3. The minimum Gasteiger partial charge on any atom is -0.382 e. The van der Waals surface area contributed by atoms with Gasteiger partial charge in [0.05, 0.1) is 0 Å². The molecule has 0 radical (unpaired) electrons. The highest BCUT2D eigenvalue weighted by Crippen LogP contribution is 2.41. The van der Waals surface area contributed by atoms with Gasteiger partial charge in [0.1, 0.15) is 0 Å². The molecular weight excluding hydrogens is 365 g/mol. The second-order valence-electron chi connectivity index (χ2n) is 5.67. The normalized spacial score (nSPS) is 17.6. The van der Waals surface area contributed by atoms with Gasteiger partial charge in [0.15, 0.2) is 5.96 Å². The Hall–Kier alpha value is -0.300. The Morgan fingerprint density at radius 2 is 2.05 bits per heavy atom. The van der Waals surface area contributed by atoms with Crippen molar-refractivity contribution in [2.75, 3.05) is 26.3 Å². The highest BCUT2D eigenvalue weighted by Gasteiger charge is 2.33. The molecule has 1 fully saturated rings. The zero-order valence-corrected chi connectivity index (χ0v) is 15.2. The van der Waals surface area contributed by atoms with E-state index in [1.165, 1.54) is 25.7 Å². The van der Waals surface area contributed by atoms with E-state index in [2.05, 4.69) is 16.9 Å². The van der Waals surface area contributed by atoms with Gasteiger partial charge in [-0.3, -0.25) is 4.99 Å². The topological polar surface area (TPSA) is 59.6 Å². The quantitative estimate of drug-likeness (QED) is 0.218. The molecule has 20 heavy (non-hydrogen) atoms. The van der Waals surface area contributed by atoms with Crippen LogP contribution in [0.1, 0.15) is 46.0 Å². The number of ether oxygens (including phenoxy) is 1. The summed E-state index contributed by atoms with van der Waals surface area (Å²) in [4.78, 5) is 4.52. The molecule has 4 nitrogen and oxygen atoms in total. The van der Waals surface area contributed by atoms with Crippen LogP contribution >= 0.6 is 24.0 Å². The molecule has 1 aliphatic rings. The molecule has 0 amide bonds. The largest absolute Gasteiger partial charge is 0.382 e. The van der Waals surface area contributed by atoms with E-state index in [-0.39, 0.29) is 24.0 Å². The zero-order valence-electron chi connectivity index (χ0n) is 12.9. The fourth-order valence-corrected chi connectivity index (χ4v) is 2.60. The van der Waals surface area contributed by atoms with Gasteiger partial charge in [-0.15, -0.1) is 24.0 Å². The first kappa shape index (κ1) is 19.7. The van der Waals surface area contributed by atoms with Gasteiger partial charge < -0.3 is 15.8 Å². The fraction of sp³-hybridized carbons (Fsp3) is 0.800. The van der Waals surface area contributed by atoms with E-state index >= 15 is 0 Å². The van der Waals surface area contributed by atoms with Crippen LogP contribution in [0.4, 0.5) is 0 Å². The third-order valence-electron chi connectivity index (χ3n) is 3.80. The maximum absolute atomic E-state index is 5.88. The first-order chi connectivity index (χ1) is 9.08. The molecule has 1 aliphatic carbocycles. The molecule has 1 saturated carbocycles. The monoisotopic (exact) mass is 395 g/mol. The van der Waals surface area contributed by atoms with Crippen molar-refractivity contribution >= 4 is 29.9 Å². The highest BCUT2D eigenvalue weighted by atomic mass is 127. The van der Waals surface area contributed by atoms with E-state index in [4.69, 9.17) is 10.5 Å². The molecule has 0 saturated heterocycles. The number of guanidine groups is 1. The summed E-state index contributed by atoms with van der Waals surface area (Å²) in [7, 11) is 0. The van der Waals surface area contributed by atoms with Crippen LogP contribution in [0.15, 0.2) is 17.1 Å². The van der Waals surface area contributed by atoms with E-state index in [0.717, 1.165) is 31.8 Å². The molecule has 0 bridgehead atoms. The first-order valence-electron chi connectivity index (χ1n) is 7.34. The summed E-state index contributed by atoms with van der Waals surface area (Å²) in [5.41, 5.74) is 7.25. The molecule has 0 heterocycles. The second-order valence-corrected chi connectivity index (χ2v) is 5.67. The van der Waals surface area contributed by atoms with Crippen molar-refractivity contribution in [3.63, 3.8) is 0 Å². The van der Waals surface area contributed by atoms with Crippen LogP contribution in [0.3, 0.4) is 0 Å². The predicted octanol–water partition coefficient (Wildman–Crippen LogP) is 3.07. The van der Waals surface area contributed by atoms with Gasteiger partial charge in [-0.25, -0.2) is 0 Å². The van der Waals surface area contributed by atoms with E-state index in [0.29, 0.717) is 17.9 Å². The third-order valence-corrected chi connectivity index (χ3v) is 3.80. The van der Waals surface area contributed by atoms with Crippen molar-refractivity contribution in [1.29, 1.82) is 0 Å². The third kappa shape index (κ3) is 7.47. The number of rotatable bonds is 8. The average Bonchev–Trinajstić information content (AvgIpc) is 2.83. The van der Waals surface area contributed by atoms with Crippen LogP contribution < -0.4 is 11.1 Å². The number of aliphatic imine (C=N–C) groups is 1. The first-order valence-corrected chi connectivity index (χ1v) is 7.34.